The topological polar surface area (TPSA) is 60.2 Å². The second-order valence-electron chi connectivity index (χ2n) is 2.58. The Hall–Kier alpha value is -1.01. The molecule has 1 unspecified atom stereocenters. The third-order valence-electron chi connectivity index (χ3n) is 1.33. The minimum absolute atomic E-state index is 0.159. The van der Waals surface area contributed by atoms with Crippen LogP contribution in [0, 0.1) is 0 Å². The zero-order valence-electron chi connectivity index (χ0n) is 7.52. The van der Waals surface area contributed by atoms with E-state index >= 15 is 0 Å². The third-order valence-corrected chi connectivity index (χ3v) is 1.33. The van der Waals surface area contributed by atoms with Crippen LogP contribution in [0.1, 0.15) is 18.5 Å². The first-order valence-electron chi connectivity index (χ1n) is 3.75. The molecule has 0 aliphatic carbocycles. The lowest BCUT2D eigenvalue weighted by Gasteiger charge is -2.02. The molecule has 0 saturated carbocycles. The molecule has 0 saturated heterocycles. The molecule has 3 nitrogen and oxygen atoms in total. The van der Waals surface area contributed by atoms with Crippen molar-refractivity contribution >= 4 is 10.6 Å². The highest BCUT2D eigenvalue weighted by atomic mass is 32.3. The second-order valence-corrected chi connectivity index (χ2v) is 3.33. The standard InChI is InChI=1S/C8H11N.F2O2S/c1-7(9)8-5-3-2-4-6-8;1-5(2,3)4/h2-7H,9H2,1H3;. The predicted octanol–water partition coefficient (Wildman–Crippen LogP) is 1.88. The summed E-state index contributed by atoms with van der Waals surface area (Å²) in [6, 6.07) is 10.2. The van der Waals surface area contributed by atoms with E-state index in [2.05, 4.69) is 0 Å². The Bertz CT molecular complexity index is 343. The van der Waals surface area contributed by atoms with Gasteiger partial charge in [0.2, 0.25) is 0 Å². The van der Waals surface area contributed by atoms with Crippen LogP contribution in [0.25, 0.3) is 0 Å². The molecule has 1 atom stereocenters. The predicted molar refractivity (Wildman–Crippen MR) is 50.2 cm³/mol. The summed E-state index contributed by atoms with van der Waals surface area (Å²) in [5.74, 6) is 0. The summed E-state index contributed by atoms with van der Waals surface area (Å²) >= 11 is 0. The molecule has 0 radical (unpaired) electrons. The number of hydrogen-bond donors (Lipinski definition) is 1. The van der Waals surface area contributed by atoms with E-state index in [1.807, 2.05) is 37.3 Å². The Kier molecular flexibility index (Phi) is 5.26. The van der Waals surface area contributed by atoms with Crippen LogP contribution in [0.3, 0.4) is 0 Å². The normalized spacial score (nSPS) is 12.6. The van der Waals surface area contributed by atoms with Crippen molar-refractivity contribution in [2.24, 2.45) is 5.73 Å². The quantitative estimate of drug-likeness (QED) is 0.739. The molecule has 0 amide bonds. The van der Waals surface area contributed by atoms with Gasteiger partial charge < -0.3 is 5.73 Å². The van der Waals surface area contributed by atoms with Crippen LogP contribution >= 0.6 is 0 Å². The first-order chi connectivity index (χ1) is 6.30. The lowest BCUT2D eigenvalue weighted by molar-refractivity contribution is 0.501. The second kappa shape index (κ2) is 5.66. The minimum atomic E-state index is -5.67. The molecule has 2 N–H and O–H groups in total. The van der Waals surface area contributed by atoms with Crippen LogP contribution in [0.5, 0.6) is 0 Å². The van der Waals surface area contributed by atoms with Gasteiger partial charge in [-0.25, -0.2) is 0 Å². The number of benzene rings is 1. The molecular weight excluding hydrogens is 212 g/mol. The van der Waals surface area contributed by atoms with Crippen molar-refractivity contribution < 1.29 is 16.2 Å². The first-order valence-corrected chi connectivity index (χ1v) is 5.04. The fourth-order valence-electron chi connectivity index (χ4n) is 0.757. The van der Waals surface area contributed by atoms with Crippen molar-refractivity contribution in [2.45, 2.75) is 13.0 Å². The van der Waals surface area contributed by atoms with Gasteiger partial charge in [0.05, 0.1) is 0 Å². The zero-order chi connectivity index (χ0) is 11.2. The average Bonchev–Trinajstić information content (AvgIpc) is 2.03. The van der Waals surface area contributed by atoms with Gasteiger partial charge in [0.15, 0.2) is 0 Å². The van der Waals surface area contributed by atoms with E-state index in [0.717, 1.165) is 0 Å². The van der Waals surface area contributed by atoms with E-state index in [1.54, 1.807) is 0 Å². The zero-order valence-corrected chi connectivity index (χ0v) is 8.34. The van der Waals surface area contributed by atoms with Crippen LogP contribution in [-0.2, 0) is 10.6 Å². The fraction of sp³-hybridized carbons (Fsp3) is 0.250. The Morgan fingerprint density at radius 1 is 1.21 bits per heavy atom. The van der Waals surface area contributed by atoms with E-state index in [9.17, 15) is 7.77 Å². The van der Waals surface area contributed by atoms with Crippen molar-refractivity contribution in [2.75, 3.05) is 0 Å². The van der Waals surface area contributed by atoms with Crippen molar-refractivity contribution in [3.05, 3.63) is 35.9 Å². The average molecular weight is 223 g/mol. The molecule has 0 bridgehead atoms. The molecule has 0 aliphatic heterocycles. The van der Waals surface area contributed by atoms with Gasteiger partial charge in [0.25, 0.3) is 0 Å². The Morgan fingerprint density at radius 3 is 1.79 bits per heavy atom. The van der Waals surface area contributed by atoms with Crippen LogP contribution in [0.4, 0.5) is 7.77 Å². The summed E-state index contributed by atoms with van der Waals surface area (Å²) in [4.78, 5) is 0. The van der Waals surface area contributed by atoms with Crippen molar-refractivity contribution in [1.82, 2.24) is 0 Å². The Morgan fingerprint density at radius 2 is 1.57 bits per heavy atom. The number of nitrogens with two attached hydrogens (primary N) is 1. The van der Waals surface area contributed by atoms with Crippen LogP contribution in [0.15, 0.2) is 30.3 Å². The van der Waals surface area contributed by atoms with E-state index in [1.165, 1.54) is 5.56 Å². The number of halogens is 2. The summed E-state index contributed by atoms with van der Waals surface area (Å²) in [6.45, 7) is 1.98. The SMILES string of the molecule is CC(N)c1ccccc1.O=S(=O)(F)F. The highest BCUT2D eigenvalue weighted by Crippen LogP contribution is 2.06. The fourth-order valence-corrected chi connectivity index (χ4v) is 0.757. The molecule has 1 aromatic rings. The van der Waals surface area contributed by atoms with E-state index in [4.69, 9.17) is 14.2 Å². The van der Waals surface area contributed by atoms with Gasteiger partial charge in [0.1, 0.15) is 0 Å². The van der Waals surface area contributed by atoms with Gasteiger partial charge in [-0.15, -0.1) is 0 Å². The summed E-state index contributed by atoms with van der Waals surface area (Å²) in [7, 11) is -5.67. The van der Waals surface area contributed by atoms with Crippen molar-refractivity contribution in [3.63, 3.8) is 0 Å². The molecular formula is C8H11F2NO2S. The lowest BCUT2D eigenvalue weighted by atomic mass is 10.1. The molecule has 1 aromatic carbocycles. The van der Waals surface area contributed by atoms with Crippen LogP contribution in [0.2, 0.25) is 0 Å². The molecule has 0 heterocycles. The van der Waals surface area contributed by atoms with Gasteiger partial charge >= 0.3 is 10.6 Å². The van der Waals surface area contributed by atoms with Gasteiger partial charge in [-0.3, -0.25) is 0 Å². The van der Waals surface area contributed by atoms with E-state index in [0.29, 0.717) is 0 Å². The van der Waals surface area contributed by atoms with Gasteiger partial charge in [0, 0.05) is 6.04 Å². The maximum atomic E-state index is 9.99. The largest absolute Gasteiger partial charge is 0.476 e. The summed E-state index contributed by atoms with van der Waals surface area (Å²) < 4.78 is 36.6. The highest BCUT2D eigenvalue weighted by Gasteiger charge is 1.95. The summed E-state index contributed by atoms with van der Waals surface area (Å²) in [5, 5.41) is 0. The van der Waals surface area contributed by atoms with Crippen LogP contribution < -0.4 is 5.73 Å². The van der Waals surface area contributed by atoms with Crippen molar-refractivity contribution in [1.29, 1.82) is 0 Å². The molecule has 14 heavy (non-hydrogen) atoms. The van der Waals surface area contributed by atoms with Gasteiger partial charge in [-0.05, 0) is 12.5 Å². The third kappa shape index (κ3) is 9.08. The molecule has 1 rings (SSSR count). The molecule has 0 aliphatic rings. The minimum Gasteiger partial charge on any atom is -0.324 e. The summed E-state index contributed by atoms with van der Waals surface area (Å²) in [5.41, 5.74) is 6.81. The molecule has 80 valence electrons. The van der Waals surface area contributed by atoms with Gasteiger partial charge in [-0.2, -0.15) is 8.42 Å². The maximum Gasteiger partial charge on any atom is 0.476 e. The lowest BCUT2D eigenvalue weighted by Crippen LogP contribution is -2.03. The molecule has 0 fully saturated rings. The first kappa shape index (κ1) is 13.0. The number of rotatable bonds is 1. The summed E-state index contributed by atoms with van der Waals surface area (Å²) in [6.07, 6.45) is 0. The van der Waals surface area contributed by atoms with E-state index < -0.39 is 10.6 Å². The van der Waals surface area contributed by atoms with E-state index in [-0.39, 0.29) is 6.04 Å². The van der Waals surface area contributed by atoms with Crippen LogP contribution in [-0.4, -0.2) is 8.42 Å². The Labute approximate surface area is 82.1 Å². The van der Waals surface area contributed by atoms with Gasteiger partial charge in [-0.1, -0.05) is 38.1 Å². The maximum absolute atomic E-state index is 9.99. The monoisotopic (exact) mass is 223 g/mol. The smallest absolute Gasteiger partial charge is 0.324 e. The molecule has 0 aromatic heterocycles. The number of hydrogen-bond acceptors (Lipinski definition) is 3. The Balaban J connectivity index is 0.000000292. The molecule has 0 spiro atoms. The van der Waals surface area contributed by atoms with Crippen molar-refractivity contribution in [3.8, 4) is 0 Å². The highest BCUT2D eigenvalue weighted by molar-refractivity contribution is 7.81. The molecule has 6 heteroatoms.